The van der Waals surface area contributed by atoms with Crippen molar-refractivity contribution in [2.24, 2.45) is 0 Å². The Morgan fingerprint density at radius 2 is 1.13 bits per heavy atom. The van der Waals surface area contributed by atoms with Gasteiger partial charge in [-0.1, -0.05) is 208 Å². The van der Waals surface area contributed by atoms with Crippen molar-refractivity contribution < 1.29 is 49.3 Å². The van der Waals surface area contributed by atoms with Gasteiger partial charge < -0.3 is 45.1 Å². The van der Waals surface area contributed by atoms with Crippen LogP contribution in [-0.2, 0) is 23.8 Å². The van der Waals surface area contributed by atoms with Crippen molar-refractivity contribution in [2.75, 3.05) is 13.2 Å². The Morgan fingerprint density at radius 3 is 1.73 bits per heavy atom. The number of aliphatic hydroxyl groups excluding tert-OH is 5. The Bertz CT molecular complexity index is 1450. The number of ether oxygens (including phenoxy) is 3. The molecule has 0 spiro atoms. The van der Waals surface area contributed by atoms with E-state index in [-0.39, 0.29) is 19.4 Å². The summed E-state index contributed by atoms with van der Waals surface area (Å²) in [7, 11) is 0. The average molecular weight is 940 g/mol. The highest BCUT2D eigenvalue weighted by Gasteiger charge is 2.47. The van der Waals surface area contributed by atoms with Crippen molar-refractivity contribution in [1.29, 1.82) is 0 Å². The maximum Gasteiger partial charge on any atom is 0.306 e. The van der Waals surface area contributed by atoms with E-state index < -0.39 is 67.4 Å². The van der Waals surface area contributed by atoms with Gasteiger partial charge in [-0.25, -0.2) is 0 Å². The second kappa shape index (κ2) is 43.8. The molecule has 1 fully saturated rings. The molecule has 8 unspecified atom stereocenters. The van der Waals surface area contributed by atoms with Gasteiger partial charge in [0.05, 0.1) is 25.4 Å². The first-order valence-electron chi connectivity index (χ1n) is 26.1. The van der Waals surface area contributed by atoms with Crippen LogP contribution in [0, 0.1) is 0 Å². The van der Waals surface area contributed by atoms with Gasteiger partial charge in [0.15, 0.2) is 12.4 Å². The third-order valence-corrected chi connectivity index (χ3v) is 11.6. The number of unbranched alkanes of at least 4 members (excludes halogenated alkanes) is 18. The summed E-state index contributed by atoms with van der Waals surface area (Å²) in [5.74, 6) is -1.32. The van der Waals surface area contributed by atoms with Crippen molar-refractivity contribution in [3.8, 4) is 0 Å². The minimum Gasteiger partial charge on any atom is -0.454 e. The second-order valence-corrected chi connectivity index (χ2v) is 17.7. The topological polar surface area (TPSA) is 175 Å². The molecule has 67 heavy (non-hydrogen) atoms. The zero-order valence-corrected chi connectivity index (χ0v) is 41.7. The van der Waals surface area contributed by atoms with Crippen LogP contribution in [0.5, 0.6) is 0 Å². The summed E-state index contributed by atoms with van der Waals surface area (Å²) < 4.78 is 17.4. The van der Waals surface area contributed by atoms with Crippen LogP contribution in [0.15, 0.2) is 97.2 Å². The summed E-state index contributed by atoms with van der Waals surface area (Å²) in [6.45, 7) is 5.52. The molecule has 6 N–H and O–H groups in total. The highest BCUT2D eigenvalue weighted by atomic mass is 16.7. The minimum absolute atomic E-state index is 0.0633. The molecule has 8 atom stereocenters. The van der Waals surface area contributed by atoms with Gasteiger partial charge in [-0.3, -0.25) is 9.59 Å². The molecular weight excluding hydrogens is 847 g/mol. The molecule has 0 saturated carbocycles. The number of allylic oxidation sites excluding steroid dienone is 14. The normalized spacial score (nSPS) is 20.9. The van der Waals surface area contributed by atoms with E-state index in [1.54, 1.807) is 12.2 Å². The number of carbonyl (C=O) groups is 2. The van der Waals surface area contributed by atoms with Gasteiger partial charge in [0.25, 0.3) is 0 Å². The van der Waals surface area contributed by atoms with E-state index in [2.05, 4.69) is 50.4 Å². The summed E-state index contributed by atoms with van der Waals surface area (Å²) in [5, 5.41) is 56.4. The van der Waals surface area contributed by atoms with Gasteiger partial charge in [-0.05, 0) is 57.8 Å². The Balaban J connectivity index is 2.85. The van der Waals surface area contributed by atoms with Crippen LogP contribution < -0.4 is 5.32 Å². The van der Waals surface area contributed by atoms with Gasteiger partial charge in [0.1, 0.15) is 24.4 Å². The van der Waals surface area contributed by atoms with Crippen molar-refractivity contribution in [3.05, 3.63) is 97.2 Å². The highest BCUT2D eigenvalue weighted by Crippen LogP contribution is 2.26. The molecule has 0 aromatic rings. The number of amides is 1. The largest absolute Gasteiger partial charge is 0.454 e. The van der Waals surface area contributed by atoms with Crippen LogP contribution in [0.1, 0.15) is 181 Å². The third-order valence-electron chi connectivity index (χ3n) is 11.6. The second-order valence-electron chi connectivity index (χ2n) is 17.7. The van der Waals surface area contributed by atoms with Crippen molar-refractivity contribution in [3.63, 3.8) is 0 Å². The standard InChI is InChI=1S/C56H93NO10/c1-4-7-10-13-16-19-22-24-25-26-29-32-35-38-41-44-51(61)67-54-53(63)52(62)50(45-58)66-56(54)65-46-47(48(59)42-39-36-33-30-27-21-18-15-12-9-6-3)57-55(64)49(60)43-40-37-34-31-28-23-20-17-14-11-8-5-2/h7,10,13,16,19,22,24-26,28-29,31,37,39-40,42,47-50,52-54,56,58-60,62-63H,4-6,8-9,11-12,14-15,17-18,20-21,23,27,30,32-36,38,41,43-46H2,1-3H3,(H,57,64)/b10-7+,16-13+,22-19-,25-24-,29-26+,31-28-,40-37+,42-39+. The van der Waals surface area contributed by atoms with E-state index in [4.69, 9.17) is 14.2 Å². The van der Waals surface area contributed by atoms with E-state index in [0.717, 1.165) is 57.8 Å². The number of carbonyl (C=O) groups excluding carboxylic acids is 2. The van der Waals surface area contributed by atoms with E-state index in [0.29, 0.717) is 12.8 Å². The van der Waals surface area contributed by atoms with E-state index >= 15 is 0 Å². The van der Waals surface area contributed by atoms with Crippen LogP contribution >= 0.6 is 0 Å². The lowest BCUT2D eigenvalue weighted by atomic mass is 9.99. The Hall–Kier alpha value is -3.42. The molecule has 11 nitrogen and oxygen atoms in total. The molecule has 0 aromatic heterocycles. The van der Waals surface area contributed by atoms with E-state index in [9.17, 15) is 35.1 Å². The van der Waals surface area contributed by atoms with Crippen molar-refractivity contribution >= 4 is 11.9 Å². The Morgan fingerprint density at radius 1 is 0.612 bits per heavy atom. The van der Waals surface area contributed by atoms with Crippen LogP contribution in [0.25, 0.3) is 0 Å². The first kappa shape index (κ1) is 61.6. The summed E-state index contributed by atoms with van der Waals surface area (Å²) in [6.07, 6.45) is 46.2. The van der Waals surface area contributed by atoms with Gasteiger partial charge in [-0.2, -0.15) is 0 Å². The molecule has 11 heteroatoms. The van der Waals surface area contributed by atoms with Crippen molar-refractivity contribution in [2.45, 2.75) is 230 Å². The fraction of sp³-hybridized carbons (Fsp3) is 0.679. The molecule has 0 radical (unpaired) electrons. The SMILES string of the molecule is CC/C=C/C=C/C=C\C=C/C=C/CCCCCC(=O)OC1C(OCC(NC(=O)C(O)C/C=C/C/C=C\CCCCCCCC)C(O)/C=C/CCCCCCCCCCC)OC(CO)C(O)C1O. The van der Waals surface area contributed by atoms with Gasteiger partial charge in [-0.15, -0.1) is 0 Å². The van der Waals surface area contributed by atoms with E-state index in [1.807, 2.05) is 60.8 Å². The summed E-state index contributed by atoms with van der Waals surface area (Å²) in [5.41, 5.74) is 0. The number of rotatable bonds is 41. The fourth-order valence-electron chi connectivity index (χ4n) is 7.42. The summed E-state index contributed by atoms with van der Waals surface area (Å²) in [6, 6.07) is -1.07. The number of nitrogens with one attached hydrogen (secondary N) is 1. The molecule has 1 amide bonds. The molecule has 1 aliphatic rings. The predicted molar refractivity (Wildman–Crippen MR) is 273 cm³/mol. The predicted octanol–water partition coefficient (Wildman–Crippen LogP) is 10.8. The Kier molecular flexibility index (Phi) is 40.3. The van der Waals surface area contributed by atoms with Crippen LogP contribution in [-0.4, -0.2) is 99.6 Å². The molecule has 1 heterocycles. The van der Waals surface area contributed by atoms with E-state index in [1.165, 1.54) is 77.0 Å². The molecule has 0 aliphatic carbocycles. The quantitative estimate of drug-likeness (QED) is 0.0150. The Labute approximate surface area is 405 Å². The summed E-state index contributed by atoms with van der Waals surface area (Å²) in [4.78, 5) is 26.3. The van der Waals surface area contributed by atoms with Gasteiger partial charge >= 0.3 is 5.97 Å². The van der Waals surface area contributed by atoms with Crippen LogP contribution in [0.2, 0.25) is 0 Å². The van der Waals surface area contributed by atoms with Gasteiger partial charge in [0.2, 0.25) is 5.91 Å². The lowest BCUT2D eigenvalue weighted by Gasteiger charge is -2.41. The third kappa shape index (κ3) is 32.9. The monoisotopic (exact) mass is 940 g/mol. The first-order valence-corrected chi connectivity index (χ1v) is 26.1. The molecule has 1 saturated heterocycles. The zero-order chi connectivity index (χ0) is 49.0. The number of hydrogen-bond acceptors (Lipinski definition) is 10. The zero-order valence-electron chi connectivity index (χ0n) is 41.7. The molecule has 382 valence electrons. The lowest BCUT2D eigenvalue weighted by Crippen LogP contribution is -2.61. The molecule has 1 aliphatic heterocycles. The van der Waals surface area contributed by atoms with Crippen molar-refractivity contribution in [1.82, 2.24) is 5.32 Å². The summed E-state index contributed by atoms with van der Waals surface area (Å²) >= 11 is 0. The maximum atomic E-state index is 13.3. The maximum absolute atomic E-state index is 13.3. The number of aliphatic hydroxyl groups is 5. The fourth-order valence-corrected chi connectivity index (χ4v) is 7.42. The minimum atomic E-state index is -1.64. The number of esters is 1. The average Bonchev–Trinajstić information content (AvgIpc) is 3.32. The first-order chi connectivity index (χ1) is 32.7. The molecule has 0 bridgehead atoms. The lowest BCUT2D eigenvalue weighted by molar-refractivity contribution is -0.305. The van der Waals surface area contributed by atoms with Crippen LogP contribution in [0.3, 0.4) is 0 Å². The molecular formula is C56H93NO10. The van der Waals surface area contributed by atoms with Crippen LogP contribution in [0.4, 0.5) is 0 Å². The number of hydrogen-bond donors (Lipinski definition) is 6. The molecule has 1 rings (SSSR count). The smallest absolute Gasteiger partial charge is 0.306 e. The highest BCUT2D eigenvalue weighted by molar-refractivity contribution is 5.81. The van der Waals surface area contributed by atoms with Gasteiger partial charge in [0, 0.05) is 12.8 Å². The molecule has 0 aromatic carbocycles.